The second-order valence-electron chi connectivity index (χ2n) is 6.42. The highest BCUT2D eigenvalue weighted by Crippen LogP contribution is 2.39. The minimum Gasteiger partial charge on any atom is -0.392 e. The lowest BCUT2D eigenvalue weighted by atomic mass is 9.77. The molecule has 0 aromatic heterocycles. The van der Waals surface area contributed by atoms with E-state index in [-0.39, 0.29) is 6.10 Å². The molecule has 1 fully saturated rings. The molecule has 0 bridgehead atoms. The predicted octanol–water partition coefficient (Wildman–Crippen LogP) is 5.20. The van der Waals surface area contributed by atoms with Crippen LogP contribution < -0.4 is 0 Å². The summed E-state index contributed by atoms with van der Waals surface area (Å²) in [6.45, 7) is 2.25. The Balaban J connectivity index is 2.10. The number of aliphatic hydroxyl groups is 1. The maximum Gasteiger partial charge on any atom is 0.0609 e. The second kappa shape index (κ2) is 6.62. The van der Waals surface area contributed by atoms with Crippen LogP contribution in [-0.4, -0.2) is 11.2 Å². The second-order valence-corrected chi connectivity index (χ2v) is 6.42. The van der Waals surface area contributed by atoms with Crippen LogP contribution in [0.4, 0.5) is 0 Å². The van der Waals surface area contributed by atoms with E-state index in [1.165, 1.54) is 47.6 Å². The monoisotopic (exact) mass is 282 g/mol. The number of hydrogen-bond acceptors (Lipinski definition) is 1. The summed E-state index contributed by atoms with van der Waals surface area (Å²) in [5.41, 5.74) is 2.90. The Morgan fingerprint density at radius 1 is 1.05 bits per heavy atom. The van der Waals surface area contributed by atoms with Crippen LogP contribution in [0.3, 0.4) is 0 Å². The van der Waals surface area contributed by atoms with E-state index in [2.05, 4.69) is 43.3 Å². The van der Waals surface area contributed by atoms with Crippen LogP contribution in [0.1, 0.15) is 62.5 Å². The molecule has 1 saturated carbocycles. The fourth-order valence-corrected chi connectivity index (χ4v) is 3.81. The molecule has 0 spiro atoms. The fourth-order valence-electron chi connectivity index (χ4n) is 3.81. The minimum atomic E-state index is -0.162. The van der Waals surface area contributed by atoms with E-state index in [1.54, 1.807) is 0 Å². The van der Waals surface area contributed by atoms with Gasteiger partial charge in [0.25, 0.3) is 0 Å². The molecule has 0 unspecified atom stereocenters. The van der Waals surface area contributed by atoms with Crippen LogP contribution in [-0.2, 0) is 6.42 Å². The molecule has 2 aromatic carbocycles. The highest BCUT2D eigenvalue weighted by Gasteiger charge is 2.27. The number of aryl methyl sites for hydroxylation is 1. The molecule has 1 aliphatic rings. The first-order valence-electron chi connectivity index (χ1n) is 8.50. The number of aliphatic hydroxyl groups excluding tert-OH is 1. The maximum atomic E-state index is 10.5. The molecule has 0 saturated heterocycles. The minimum absolute atomic E-state index is 0.162. The van der Waals surface area contributed by atoms with Gasteiger partial charge in [0.2, 0.25) is 0 Å². The average Bonchev–Trinajstić information content (AvgIpc) is 2.53. The van der Waals surface area contributed by atoms with Gasteiger partial charge in [-0.05, 0) is 47.6 Å². The Labute approximate surface area is 128 Å². The Morgan fingerprint density at radius 3 is 2.67 bits per heavy atom. The SMILES string of the molecule is CCCCc1ccc2ccccc2c1[C@@H]1CCCC[C@@H]1O. The largest absolute Gasteiger partial charge is 0.392 e. The summed E-state index contributed by atoms with van der Waals surface area (Å²) in [6.07, 6.45) is 7.94. The third-order valence-corrected chi connectivity index (χ3v) is 4.96. The van der Waals surface area contributed by atoms with Gasteiger partial charge >= 0.3 is 0 Å². The zero-order valence-corrected chi connectivity index (χ0v) is 13.0. The smallest absolute Gasteiger partial charge is 0.0609 e. The van der Waals surface area contributed by atoms with Crippen LogP contribution >= 0.6 is 0 Å². The zero-order valence-electron chi connectivity index (χ0n) is 13.0. The summed E-state index contributed by atoms with van der Waals surface area (Å²) in [5.74, 6) is 0.330. The molecule has 1 heteroatoms. The van der Waals surface area contributed by atoms with Gasteiger partial charge in [0.15, 0.2) is 0 Å². The lowest BCUT2D eigenvalue weighted by Crippen LogP contribution is -2.23. The van der Waals surface area contributed by atoms with E-state index < -0.39 is 0 Å². The van der Waals surface area contributed by atoms with E-state index >= 15 is 0 Å². The van der Waals surface area contributed by atoms with Crippen molar-refractivity contribution in [2.24, 2.45) is 0 Å². The molecule has 21 heavy (non-hydrogen) atoms. The molecule has 112 valence electrons. The molecular formula is C20H26O. The lowest BCUT2D eigenvalue weighted by Gasteiger charge is -2.30. The summed E-state index contributed by atoms with van der Waals surface area (Å²) in [7, 11) is 0. The first-order chi connectivity index (χ1) is 10.3. The molecule has 1 N–H and O–H groups in total. The van der Waals surface area contributed by atoms with Crippen molar-refractivity contribution < 1.29 is 5.11 Å². The van der Waals surface area contributed by atoms with Gasteiger partial charge in [-0.25, -0.2) is 0 Å². The number of hydrogen-bond donors (Lipinski definition) is 1. The van der Waals surface area contributed by atoms with Gasteiger partial charge in [0.05, 0.1) is 6.10 Å². The third kappa shape index (κ3) is 2.98. The zero-order chi connectivity index (χ0) is 14.7. The third-order valence-electron chi connectivity index (χ3n) is 4.96. The average molecular weight is 282 g/mol. The van der Waals surface area contributed by atoms with Crippen molar-refractivity contribution in [3.05, 3.63) is 47.5 Å². The van der Waals surface area contributed by atoms with Crippen molar-refractivity contribution in [3.8, 4) is 0 Å². The van der Waals surface area contributed by atoms with E-state index in [0.717, 1.165) is 19.3 Å². The van der Waals surface area contributed by atoms with E-state index in [1.807, 2.05) is 0 Å². The van der Waals surface area contributed by atoms with Gasteiger partial charge in [-0.15, -0.1) is 0 Å². The van der Waals surface area contributed by atoms with Crippen molar-refractivity contribution in [2.75, 3.05) is 0 Å². The number of unbranched alkanes of at least 4 members (excludes halogenated alkanes) is 1. The van der Waals surface area contributed by atoms with Crippen molar-refractivity contribution in [1.29, 1.82) is 0 Å². The molecule has 2 atom stereocenters. The number of fused-ring (bicyclic) bond motifs is 1. The van der Waals surface area contributed by atoms with Crippen LogP contribution in [0.25, 0.3) is 10.8 Å². The summed E-state index contributed by atoms with van der Waals surface area (Å²) in [4.78, 5) is 0. The van der Waals surface area contributed by atoms with Crippen molar-refractivity contribution >= 4 is 10.8 Å². The van der Waals surface area contributed by atoms with Gasteiger partial charge in [0, 0.05) is 5.92 Å². The Hall–Kier alpha value is -1.34. The molecule has 0 radical (unpaired) electrons. The first kappa shape index (κ1) is 14.6. The predicted molar refractivity (Wildman–Crippen MR) is 89.8 cm³/mol. The Morgan fingerprint density at radius 2 is 1.86 bits per heavy atom. The summed E-state index contributed by atoms with van der Waals surface area (Å²) < 4.78 is 0. The van der Waals surface area contributed by atoms with E-state index in [4.69, 9.17) is 0 Å². The quantitative estimate of drug-likeness (QED) is 0.817. The normalized spacial score (nSPS) is 22.6. The van der Waals surface area contributed by atoms with Gasteiger partial charge < -0.3 is 5.11 Å². The Kier molecular flexibility index (Phi) is 4.60. The molecule has 2 aromatic rings. The van der Waals surface area contributed by atoms with Gasteiger partial charge in [-0.1, -0.05) is 62.6 Å². The van der Waals surface area contributed by atoms with Gasteiger partial charge in [0.1, 0.15) is 0 Å². The number of benzene rings is 2. The Bertz CT molecular complexity index is 602. The van der Waals surface area contributed by atoms with E-state index in [0.29, 0.717) is 5.92 Å². The molecule has 0 aliphatic heterocycles. The molecule has 0 heterocycles. The number of rotatable bonds is 4. The van der Waals surface area contributed by atoms with Crippen LogP contribution in [0.15, 0.2) is 36.4 Å². The summed E-state index contributed by atoms with van der Waals surface area (Å²) in [5, 5.41) is 13.2. The molecular weight excluding hydrogens is 256 g/mol. The molecule has 0 amide bonds. The highest BCUT2D eigenvalue weighted by atomic mass is 16.3. The molecule has 1 nitrogen and oxygen atoms in total. The van der Waals surface area contributed by atoms with E-state index in [9.17, 15) is 5.11 Å². The first-order valence-corrected chi connectivity index (χ1v) is 8.50. The van der Waals surface area contributed by atoms with Crippen molar-refractivity contribution in [3.63, 3.8) is 0 Å². The van der Waals surface area contributed by atoms with Crippen LogP contribution in [0.5, 0.6) is 0 Å². The van der Waals surface area contributed by atoms with Crippen molar-refractivity contribution in [2.45, 2.75) is 63.9 Å². The topological polar surface area (TPSA) is 20.2 Å². The van der Waals surface area contributed by atoms with Gasteiger partial charge in [-0.3, -0.25) is 0 Å². The highest BCUT2D eigenvalue weighted by molar-refractivity contribution is 5.87. The lowest BCUT2D eigenvalue weighted by molar-refractivity contribution is 0.106. The standard InChI is InChI=1S/C20H26O/c1-2-3-8-16-14-13-15-9-4-5-10-17(15)20(16)18-11-6-7-12-19(18)21/h4-5,9-10,13-14,18-19,21H,2-3,6-8,11-12H2,1H3/t18-,19+/m1/s1. The fraction of sp³-hybridized carbons (Fsp3) is 0.500. The van der Waals surface area contributed by atoms with Crippen LogP contribution in [0.2, 0.25) is 0 Å². The van der Waals surface area contributed by atoms with Crippen molar-refractivity contribution in [1.82, 2.24) is 0 Å². The van der Waals surface area contributed by atoms with Gasteiger partial charge in [-0.2, -0.15) is 0 Å². The van der Waals surface area contributed by atoms with Crippen LogP contribution in [0, 0.1) is 0 Å². The summed E-state index contributed by atoms with van der Waals surface area (Å²) in [6, 6.07) is 13.2. The molecule has 3 rings (SSSR count). The summed E-state index contributed by atoms with van der Waals surface area (Å²) >= 11 is 0. The molecule has 1 aliphatic carbocycles. The maximum absolute atomic E-state index is 10.5.